The highest BCUT2D eigenvalue weighted by atomic mass is 35.5. The van der Waals surface area contributed by atoms with Gasteiger partial charge in [-0.3, -0.25) is 11.3 Å². The van der Waals surface area contributed by atoms with Gasteiger partial charge in [-0.1, -0.05) is 45.4 Å². The van der Waals surface area contributed by atoms with Crippen LogP contribution in [0.5, 0.6) is 0 Å². The van der Waals surface area contributed by atoms with E-state index in [4.69, 9.17) is 17.4 Å². The van der Waals surface area contributed by atoms with Crippen LogP contribution in [0.3, 0.4) is 0 Å². The Balaban J connectivity index is 2.15. The third-order valence-corrected chi connectivity index (χ3v) is 5.48. The summed E-state index contributed by atoms with van der Waals surface area (Å²) in [4.78, 5) is 0. The molecule has 1 aliphatic rings. The minimum absolute atomic E-state index is 0.169. The van der Waals surface area contributed by atoms with Crippen molar-refractivity contribution in [2.45, 2.75) is 40.2 Å². The second-order valence-corrected chi connectivity index (χ2v) is 7.05. The second kappa shape index (κ2) is 4.72. The maximum Gasteiger partial charge on any atom is 0.141 e. The maximum atomic E-state index is 13.2. The van der Waals surface area contributed by atoms with Gasteiger partial charge in [-0.15, -0.1) is 0 Å². The molecule has 0 saturated heterocycles. The van der Waals surface area contributed by atoms with E-state index in [9.17, 15) is 4.39 Å². The number of rotatable bonds is 4. The largest absolute Gasteiger partial charge is 0.271 e. The monoisotopic (exact) mass is 284 g/mol. The van der Waals surface area contributed by atoms with Crippen LogP contribution >= 0.6 is 11.6 Å². The minimum atomic E-state index is -0.380. The molecule has 19 heavy (non-hydrogen) atoms. The van der Waals surface area contributed by atoms with Gasteiger partial charge in [0.1, 0.15) is 5.82 Å². The summed E-state index contributed by atoms with van der Waals surface area (Å²) in [5.74, 6) is 5.83. The summed E-state index contributed by atoms with van der Waals surface area (Å²) in [7, 11) is 0. The van der Waals surface area contributed by atoms with E-state index < -0.39 is 0 Å². The van der Waals surface area contributed by atoms with Gasteiger partial charge in [0, 0.05) is 6.04 Å². The Morgan fingerprint density at radius 3 is 2.32 bits per heavy atom. The smallest absolute Gasteiger partial charge is 0.141 e. The van der Waals surface area contributed by atoms with E-state index in [1.807, 2.05) is 0 Å². The molecule has 1 unspecified atom stereocenters. The highest BCUT2D eigenvalue weighted by Gasteiger charge is 2.66. The number of nitrogens with one attached hydrogen (secondary N) is 1. The van der Waals surface area contributed by atoms with Crippen molar-refractivity contribution in [3.05, 3.63) is 34.6 Å². The van der Waals surface area contributed by atoms with Crippen LogP contribution in [-0.4, -0.2) is 6.04 Å². The molecular formula is C15H22ClFN2. The SMILES string of the molecule is CC1(C)C(C(Cc2ccc(F)c(Cl)c2)NN)C1(C)C. The first-order valence-electron chi connectivity index (χ1n) is 6.62. The molecule has 0 spiro atoms. The summed E-state index contributed by atoms with van der Waals surface area (Å²) >= 11 is 5.82. The predicted octanol–water partition coefficient (Wildman–Crippen LogP) is 3.54. The van der Waals surface area contributed by atoms with E-state index in [0.29, 0.717) is 5.92 Å². The number of hydrogen-bond donors (Lipinski definition) is 2. The van der Waals surface area contributed by atoms with E-state index in [2.05, 4.69) is 33.1 Å². The van der Waals surface area contributed by atoms with Gasteiger partial charge in [0.15, 0.2) is 0 Å². The normalized spacial score (nSPS) is 22.3. The molecule has 0 aliphatic heterocycles. The molecule has 2 nitrogen and oxygen atoms in total. The Kier molecular flexibility index (Phi) is 3.67. The lowest BCUT2D eigenvalue weighted by Gasteiger charge is -2.18. The summed E-state index contributed by atoms with van der Waals surface area (Å²) < 4.78 is 13.2. The van der Waals surface area contributed by atoms with Crippen LogP contribution in [-0.2, 0) is 6.42 Å². The quantitative estimate of drug-likeness (QED) is 0.656. The van der Waals surface area contributed by atoms with Crippen molar-refractivity contribution in [1.82, 2.24) is 5.43 Å². The lowest BCUT2D eigenvalue weighted by Crippen LogP contribution is -2.40. The summed E-state index contributed by atoms with van der Waals surface area (Å²) in [6.45, 7) is 9.05. The van der Waals surface area contributed by atoms with E-state index in [1.165, 1.54) is 6.07 Å². The van der Waals surface area contributed by atoms with E-state index in [-0.39, 0.29) is 27.7 Å². The Bertz CT molecular complexity index is 471. The molecule has 1 fully saturated rings. The Hall–Kier alpha value is -0.640. The van der Waals surface area contributed by atoms with Crippen molar-refractivity contribution in [2.75, 3.05) is 0 Å². The minimum Gasteiger partial charge on any atom is -0.271 e. The van der Waals surface area contributed by atoms with Crippen molar-refractivity contribution < 1.29 is 4.39 Å². The highest BCUT2D eigenvalue weighted by molar-refractivity contribution is 6.30. The van der Waals surface area contributed by atoms with Crippen molar-refractivity contribution in [3.8, 4) is 0 Å². The van der Waals surface area contributed by atoms with Gasteiger partial charge >= 0.3 is 0 Å². The molecule has 0 bridgehead atoms. The molecule has 4 heteroatoms. The fraction of sp³-hybridized carbons (Fsp3) is 0.600. The van der Waals surface area contributed by atoms with Crippen molar-refractivity contribution in [1.29, 1.82) is 0 Å². The zero-order valence-corrected chi connectivity index (χ0v) is 12.7. The van der Waals surface area contributed by atoms with E-state index >= 15 is 0 Å². The second-order valence-electron chi connectivity index (χ2n) is 6.65. The van der Waals surface area contributed by atoms with Crippen LogP contribution in [0.1, 0.15) is 33.3 Å². The number of nitrogens with two attached hydrogens (primary N) is 1. The average Bonchev–Trinajstić information content (AvgIpc) is 2.72. The summed E-state index contributed by atoms with van der Waals surface area (Å²) in [6, 6.07) is 5.04. The fourth-order valence-corrected chi connectivity index (χ4v) is 3.65. The molecule has 1 saturated carbocycles. The van der Waals surface area contributed by atoms with Crippen LogP contribution in [0.25, 0.3) is 0 Å². The number of hydrazine groups is 1. The zero-order chi connectivity index (χ0) is 14.4. The van der Waals surface area contributed by atoms with Crippen LogP contribution < -0.4 is 11.3 Å². The van der Waals surface area contributed by atoms with Gasteiger partial charge in [-0.25, -0.2) is 4.39 Å². The molecule has 0 aromatic heterocycles. The standard InChI is InChI=1S/C15H22ClFN2/c1-14(2)13(15(14,3)4)12(19-18)8-9-5-6-11(17)10(16)7-9/h5-7,12-13,19H,8,18H2,1-4H3. The third kappa shape index (κ3) is 2.39. The van der Waals surface area contributed by atoms with Gasteiger partial charge in [0.2, 0.25) is 0 Å². The average molecular weight is 285 g/mol. The molecule has 3 N–H and O–H groups in total. The van der Waals surface area contributed by atoms with Crippen molar-refractivity contribution in [3.63, 3.8) is 0 Å². The van der Waals surface area contributed by atoms with Gasteiger partial charge in [-0.05, 0) is 40.9 Å². The molecule has 0 amide bonds. The van der Waals surface area contributed by atoms with Gasteiger partial charge in [-0.2, -0.15) is 0 Å². The lowest BCUT2D eigenvalue weighted by molar-refractivity contribution is 0.402. The van der Waals surface area contributed by atoms with Gasteiger partial charge in [0.25, 0.3) is 0 Å². The third-order valence-electron chi connectivity index (χ3n) is 5.19. The molecule has 1 aliphatic carbocycles. The molecule has 1 aromatic rings. The lowest BCUT2D eigenvalue weighted by atomic mass is 9.97. The molecular weight excluding hydrogens is 263 g/mol. The molecule has 106 valence electrons. The van der Waals surface area contributed by atoms with Crippen LogP contribution in [0.4, 0.5) is 4.39 Å². The number of halogens is 2. The molecule has 1 aromatic carbocycles. The highest BCUT2D eigenvalue weighted by Crippen LogP contribution is 2.69. The predicted molar refractivity (Wildman–Crippen MR) is 77.3 cm³/mol. The molecule has 0 heterocycles. The summed E-state index contributed by atoms with van der Waals surface area (Å²) in [5.41, 5.74) is 4.44. The first-order valence-corrected chi connectivity index (χ1v) is 6.99. The van der Waals surface area contributed by atoms with Gasteiger partial charge in [0.05, 0.1) is 5.02 Å². The summed E-state index contributed by atoms with van der Waals surface area (Å²) in [6.07, 6.45) is 0.758. The number of benzene rings is 1. The Morgan fingerprint density at radius 2 is 1.89 bits per heavy atom. The van der Waals surface area contributed by atoms with Crippen molar-refractivity contribution in [2.24, 2.45) is 22.6 Å². The fourth-order valence-electron chi connectivity index (χ4n) is 3.45. The van der Waals surface area contributed by atoms with Crippen molar-refractivity contribution >= 4 is 11.6 Å². The van der Waals surface area contributed by atoms with Crippen LogP contribution in [0, 0.1) is 22.6 Å². The first kappa shape index (κ1) is 14.8. The maximum absolute atomic E-state index is 13.2. The van der Waals surface area contributed by atoms with Crippen LogP contribution in [0.15, 0.2) is 18.2 Å². The topological polar surface area (TPSA) is 38.0 Å². The molecule has 0 radical (unpaired) electrons. The number of hydrogen-bond acceptors (Lipinski definition) is 2. The van der Waals surface area contributed by atoms with E-state index in [0.717, 1.165) is 12.0 Å². The molecule has 1 atom stereocenters. The zero-order valence-electron chi connectivity index (χ0n) is 11.9. The summed E-state index contributed by atoms with van der Waals surface area (Å²) in [5, 5.41) is 0.169. The Labute approximate surface area is 119 Å². The molecule has 2 rings (SSSR count). The Morgan fingerprint density at radius 1 is 1.32 bits per heavy atom. The first-order chi connectivity index (χ1) is 8.71. The van der Waals surface area contributed by atoms with Gasteiger partial charge < -0.3 is 0 Å². The van der Waals surface area contributed by atoms with Crippen LogP contribution in [0.2, 0.25) is 5.02 Å². The van der Waals surface area contributed by atoms with E-state index in [1.54, 1.807) is 12.1 Å².